The Kier molecular flexibility index (Phi) is 5.20. The molecule has 0 unspecified atom stereocenters. The molecule has 0 atom stereocenters. The van der Waals surface area contributed by atoms with Gasteiger partial charge in [0.2, 0.25) is 5.91 Å². The summed E-state index contributed by atoms with van der Waals surface area (Å²) in [7, 11) is 0. The Labute approximate surface area is 175 Å². The summed E-state index contributed by atoms with van der Waals surface area (Å²) in [4.78, 5) is 29.1. The minimum Gasteiger partial charge on any atom is -0.493 e. The molecule has 1 aromatic carbocycles. The number of carbonyl (C=O) groups excluding carboxylic acids is 2. The number of amidine groups is 1. The Morgan fingerprint density at radius 3 is 2.83 bits per heavy atom. The average Bonchev–Trinajstić information content (AvgIpc) is 3.44. The molecule has 2 aliphatic heterocycles. The van der Waals surface area contributed by atoms with Gasteiger partial charge in [0.25, 0.3) is 5.91 Å². The normalized spacial score (nSPS) is 15.2. The minimum absolute atomic E-state index is 0.105. The summed E-state index contributed by atoms with van der Waals surface area (Å²) in [6.45, 7) is 6.78. The molecule has 30 heavy (non-hydrogen) atoms. The lowest BCUT2D eigenvalue weighted by Gasteiger charge is -2.20. The van der Waals surface area contributed by atoms with Gasteiger partial charge in [-0.2, -0.15) is 0 Å². The monoisotopic (exact) mass is 406 g/mol. The van der Waals surface area contributed by atoms with E-state index < -0.39 is 0 Å². The summed E-state index contributed by atoms with van der Waals surface area (Å²) in [5.74, 6) is 0.899. The van der Waals surface area contributed by atoms with Gasteiger partial charge in [0.1, 0.15) is 11.6 Å². The first-order valence-electron chi connectivity index (χ1n) is 10.1. The van der Waals surface area contributed by atoms with E-state index in [1.807, 2.05) is 29.0 Å². The fourth-order valence-electron chi connectivity index (χ4n) is 3.43. The molecule has 2 aliphatic rings. The second-order valence-electron chi connectivity index (χ2n) is 8.48. The number of benzene rings is 1. The van der Waals surface area contributed by atoms with Crippen LogP contribution in [0.4, 0.5) is 0 Å². The van der Waals surface area contributed by atoms with Crippen LogP contribution in [-0.4, -0.2) is 35.4 Å². The lowest BCUT2D eigenvalue weighted by Crippen LogP contribution is -2.39. The van der Waals surface area contributed by atoms with Crippen LogP contribution < -0.4 is 15.4 Å². The van der Waals surface area contributed by atoms with Crippen LogP contribution in [0.3, 0.4) is 0 Å². The van der Waals surface area contributed by atoms with Crippen molar-refractivity contribution in [3.05, 3.63) is 59.4 Å². The van der Waals surface area contributed by atoms with Crippen molar-refractivity contribution in [1.82, 2.24) is 15.2 Å². The third-order valence-corrected chi connectivity index (χ3v) is 5.16. The van der Waals surface area contributed by atoms with Crippen molar-refractivity contribution in [2.45, 2.75) is 39.2 Å². The fourth-order valence-corrected chi connectivity index (χ4v) is 3.43. The number of fused-ring (bicyclic) bond motifs is 1. The summed E-state index contributed by atoms with van der Waals surface area (Å²) in [6, 6.07) is 7.83. The van der Waals surface area contributed by atoms with Crippen LogP contribution in [0, 0.1) is 0 Å². The Balaban J connectivity index is 1.30. The molecule has 0 fully saturated rings. The van der Waals surface area contributed by atoms with E-state index in [4.69, 9.17) is 4.74 Å². The van der Waals surface area contributed by atoms with E-state index in [0.717, 1.165) is 30.0 Å². The number of amides is 2. The van der Waals surface area contributed by atoms with Crippen LogP contribution in [-0.2, 0) is 16.8 Å². The van der Waals surface area contributed by atoms with Crippen molar-refractivity contribution in [2.24, 2.45) is 4.99 Å². The van der Waals surface area contributed by atoms with Crippen molar-refractivity contribution >= 4 is 23.3 Å². The van der Waals surface area contributed by atoms with Gasteiger partial charge < -0.3 is 19.9 Å². The quantitative estimate of drug-likeness (QED) is 0.819. The molecule has 0 radical (unpaired) electrons. The van der Waals surface area contributed by atoms with Crippen molar-refractivity contribution in [1.29, 1.82) is 0 Å². The molecular formula is C23H26N4O3. The summed E-state index contributed by atoms with van der Waals surface area (Å²) in [5, 5.41) is 5.43. The van der Waals surface area contributed by atoms with Crippen LogP contribution in [0.25, 0.3) is 5.70 Å². The first-order chi connectivity index (χ1) is 14.3. The molecular weight excluding hydrogens is 380 g/mol. The summed E-state index contributed by atoms with van der Waals surface area (Å²) in [6.07, 6.45) is 7.09. The zero-order valence-electron chi connectivity index (χ0n) is 17.5. The number of hydrogen-bond donors (Lipinski definition) is 2. The minimum atomic E-state index is -0.302. The van der Waals surface area contributed by atoms with E-state index in [-0.39, 0.29) is 23.9 Å². The molecule has 1 aromatic heterocycles. The molecule has 0 bridgehead atoms. The lowest BCUT2D eigenvalue weighted by atomic mass is 10.1. The van der Waals surface area contributed by atoms with Gasteiger partial charge in [0.05, 0.1) is 24.4 Å². The SMILES string of the molecule is CC(C)(C)n1ccc(C(=O)NCC(=O)NC2=NC(c3ccc4c(c3)OCC4)=CC2)c1. The number of carbonyl (C=O) groups is 2. The predicted molar refractivity (Wildman–Crippen MR) is 116 cm³/mol. The first-order valence-corrected chi connectivity index (χ1v) is 10.1. The number of ether oxygens (including phenoxy) is 1. The zero-order chi connectivity index (χ0) is 21.3. The number of nitrogens with zero attached hydrogens (tertiary/aromatic N) is 2. The third-order valence-electron chi connectivity index (χ3n) is 5.16. The Morgan fingerprint density at radius 1 is 1.23 bits per heavy atom. The van der Waals surface area contributed by atoms with E-state index in [0.29, 0.717) is 17.8 Å². The molecule has 2 amide bonds. The van der Waals surface area contributed by atoms with Gasteiger partial charge in [-0.25, -0.2) is 4.99 Å². The molecule has 2 N–H and O–H groups in total. The van der Waals surface area contributed by atoms with Gasteiger partial charge in [-0.15, -0.1) is 0 Å². The maximum absolute atomic E-state index is 12.3. The highest BCUT2D eigenvalue weighted by atomic mass is 16.5. The molecule has 0 saturated heterocycles. The second kappa shape index (κ2) is 7.82. The maximum atomic E-state index is 12.3. The van der Waals surface area contributed by atoms with Gasteiger partial charge in [0, 0.05) is 36.3 Å². The standard InChI is InChI=1S/C23H26N4O3/c1-23(2,3)27-10-8-17(14-27)22(29)24-13-21(28)26-20-7-6-18(25-20)16-5-4-15-9-11-30-19(15)12-16/h4-6,8,10,12,14H,7,9,11,13H2,1-3H3,(H,24,29)(H,25,26,28). The molecule has 7 nitrogen and oxygen atoms in total. The van der Waals surface area contributed by atoms with Gasteiger partial charge in [-0.05, 0) is 38.5 Å². The Morgan fingerprint density at radius 2 is 2.07 bits per heavy atom. The Hall–Kier alpha value is -3.35. The summed E-state index contributed by atoms with van der Waals surface area (Å²) >= 11 is 0. The molecule has 4 rings (SSSR count). The highest BCUT2D eigenvalue weighted by molar-refractivity contribution is 6.05. The van der Waals surface area contributed by atoms with Gasteiger partial charge in [-0.3, -0.25) is 9.59 Å². The van der Waals surface area contributed by atoms with E-state index >= 15 is 0 Å². The topological polar surface area (TPSA) is 84.7 Å². The van der Waals surface area contributed by atoms with Crippen molar-refractivity contribution in [2.75, 3.05) is 13.2 Å². The average molecular weight is 406 g/mol. The van der Waals surface area contributed by atoms with Gasteiger partial charge in [0.15, 0.2) is 0 Å². The number of aliphatic imine (C=N–C) groups is 1. The van der Waals surface area contributed by atoms with E-state index in [1.54, 1.807) is 12.3 Å². The third kappa shape index (κ3) is 4.30. The van der Waals surface area contributed by atoms with Crippen LogP contribution in [0.2, 0.25) is 0 Å². The molecule has 3 heterocycles. The van der Waals surface area contributed by atoms with Crippen molar-refractivity contribution in [3.8, 4) is 5.75 Å². The summed E-state index contributed by atoms with van der Waals surface area (Å²) in [5.41, 5.74) is 3.42. The van der Waals surface area contributed by atoms with Crippen LogP contribution in [0.1, 0.15) is 48.7 Å². The van der Waals surface area contributed by atoms with Crippen LogP contribution in [0.5, 0.6) is 5.75 Å². The summed E-state index contributed by atoms with van der Waals surface area (Å²) < 4.78 is 7.58. The smallest absolute Gasteiger partial charge is 0.253 e. The van der Waals surface area contributed by atoms with E-state index in [2.05, 4.69) is 42.5 Å². The fraction of sp³-hybridized carbons (Fsp3) is 0.348. The zero-order valence-corrected chi connectivity index (χ0v) is 17.5. The van der Waals surface area contributed by atoms with Crippen molar-refractivity contribution < 1.29 is 14.3 Å². The second-order valence-corrected chi connectivity index (χ2v) is 8.48. The van der Waals surface area contributed by atoms with Crippen LogP contribution >= 0.6 is 0 Å². The molecule has 156 valence electrons. The first kappa shape index (κ1) is 19.9. The maximum Gasteiger partial charge on any atom is 0.253 e. The molecule has 0 saturated carbocycles. The van der Waals surface area contributed by atoms with E-state index in [1.165, 1.54) is 5.56 Å². The number of aromatic nitrogens is 1. The molecule has 0 spiro atoms. The van der Waals surface area contributed by atoms with Crippen LogP contribution in [0.15, 0.2) is 47.7 Å². The highest BCUT2D eigenvalue weighted by Gasteiger charge is 2.18. The highest BCUT2D eigenvalue weighted by Crippen LogP contribution is 2.31. The van der Waals surface area contributed by atoms with Gasteiger partial charge in [-0.1, -0.05) is 18.2 Å². The van der Waals surface area contributed by atoms with Gasteiger partial charge >= 0.3 is 0 Å². The molecule has 2 aromatic rings. The molecule has 7 heteroatoms. The van der Waals surface area contributed by atoms with Crippen molar-refractivity contribution in [3.63, 3.8) is 0 Å². The predicted octanol–water partition coefficient (Wildman–Crippen LogP) is 2.87. The number of rotatable bonds is 4. The lowest BCUT2D eigenvalue weighted by molar-refractivity contribution is -0.118. The van der Waals surface area contributed by atoms with E-state index in [9.17, 15) is 9.59 Å². The Bertz CT molecular complexity index is 1060. The number of hydrogen-bond acceptors (Lipinski definition) is 4. The largest absolute Gasteiger partial charge is 0.493 e. The number of nitrogens with one attached hydrogen (secondary N) is 2. The molecule has 0 aliphatic carbocycles.